The van der Waals surface area contributed by atoms with Gasteiger partial charge in [-0.3, -0.25) is 9.59 Å². The molecule has 2 rings (SSSR count). The number of aryl methyl sites for hydroxylation is 1. The van der Waals surface area contributed by atoms with E-state index in [0.717, 1.165) is 10.9 Å². The van der Waals surface area contributed by atoms with Crippen LogP contribution in [0.15, 0.2) is 28.7 Å². The van der Waals surface area contributed by atoms with Gasteiger partial charge in [0.15, 0.2) is 11.5 Å². The van der Waals surface area contributed by atoms with Gasteiger partial charge in [-0.15, -0.1) is 0 Å². The van der Waals surface area contributed by atoms with Gasteiger partial charge in [0.1, 0.15) is 5.58 Å². The van der Waals surface area contributed by atoms with Crippen molar-refractivity contribution < 1.29 is 14.0 Å². The molecular formula is C15H17NO3. The molecule has 1 N–H and O–H groups in total. The van der Waals surface area contributed by atoms with Crippen molar-refractivity contribution in [2.24, 2.45) is 0 Å². The van der Waals surface area contributed by atoms with Crippen molar-refractivity contribution in [3.05, 3.63) is 35.6 Å². The maximum atomic E-state index is 12.0. The van der Waals surface area contributed by atoms with Crippen LogP contribution in [0, 0.1) is 6.92 Å². The zero-order chi connectivity index (χ0) is 14.0. The number of hydrogen-bond acceptors (Lipinski definition) is 3. The second-order valence-corrected chi connectivity index (χ2v) is 4.67. The molecule has 4 heteroatoms. The summed E-state index contributed by atoms with van der Waals surface area (Å²) in [5, 5.41) is 3.53. The predicted octanol–water partition coefficient (Wildman–Crippen LogP) is 2.84. The summed E-state index contributed by atoms with van der Waals surface area (Å²) in [5.74, 6) is -0.125. The van der Waals surface area contributed by atoms with Gasteiger partial charge in [0.2, 0.25) is 0 Å². The highest BCUT2D eigenvalue weighted by Crippen LogP contribution is 2.20. The molecule has 0 bridgehead atoms. The van der Waals surface area contributed by atoms with Crippen molar-refractivity contribution in [3.63, 3.8) is 0 Å². The third-order valence-corrected chi connectivity index (χ3v) is 3.07. The Labute approximate surface area is 111 Å². The number of amides is 1. The Kier molecular flexibility index (Phi) is 3.69. The lowest BCUT2D eigenvalue weighted by atomic mass is 10.1. The van der Waals surface area contributed by atoms with Crippen LogP contribution in [0.5, 0.6) is 0 Å². The number of nitrogens with one attached hydrogen (secondary N) is 1. The molecule has 0 aliphatic rings. The van der Waals surface area contributed by atoms with E-state index < -0.39 is 6.04 Å². The summed E-state index contributed by atoms with van der Waals surface area (Å²) in [6.07, 6.45) is 0.404. The zero-order valence-corrected chi connectivity index (χ0v) is 11.3. The minimum atomic E-state index is -0.493. The SMILES string of the molecule is CCC(=O)C(C)NC(=O)c1cc2cc(C)ccc2o1. The summed E-state index contributed by atoms with van der Waals surface area (Å²) >= 11 is 0. The number of ketones is 1. The van der Waals surface area contributed by atoms with Gasteiger partial charge < -0.3 is 9.73 Å². The third-order valence-electron chi connectivity index (χ3n) is 3.07. The maximum Gasteiger partial charge on any atom is 0.287 e. The molecule has 1 aromatic heterocycles. The van der Waals surface area contributed by atoms with Gasteiger partial charge in [-0.2, -0.15) is 0 Å². The summed E-state index contributed by atoms with van der Waals surface area (Å²) in [6.45, 7) is 5.43. The summed E-state index contributed by atoms with van der Waals surface area (Å²) in [6, 6.07) is 6.92. The average molecular weight is 259 g/mol. The number of carbonyl (C=O) groups is 2. The number of furan rings is 1. The lowest BCUT2D eigenvalue weighted by Crippen LogP contribution is -2.37. The zero-order valence-electron chi connectivity index (χ0n) is 11.3. The quantitative estimate of drug-likeness (QED) is 0.918. The molecule has 0 radical (unpaired) electrons. The second-order valence-electron chi connectivity index (χ2n) is 4.67. The summed E-state index contributed by atoms with van der Waals surface area (Å²) in [4.78, 5) is 23.4. The molecule has 100 valence electrons. The van der Waals surface area contributed by atoms with E-state index in [-0.39, 0.29) is 17.5 Å². The fourth-order valence-electron chi connectivity index (χ4n) is 1.93. The summed E-state index contributed by atoms with van der Waals surface area (Å²) in [5.41, 5.74) is 1.78. The van der Waals surface area contributed by atoms with Gasteiger partial charge >= 0.3 is 0 Å². The molecule has 1 amide bonds. The first-order valence-electron chi connectivity index (χ1n) is 6.35. The van der Waals surface area contributed by atoms with E-state index in [0.29, 0.717) is 12.0 Å². The number of rotatable bonds is 4. The highest BCUT2D eigenvalue weighted by atomic mass is 16.3. The molecule has 2 aromatic rings. The van der Waals surface area contributed by atoms with Gasteiger partial charge in [-0.05, 0) is 32.0 Å². The van der Waals surface area contributed by atoms with Crippen molar-refractivity contribution >= 4 is 22.7 Å². The maximum absolute atomic E-state index is 12.0. The summed E-state index contributed by atoms with van der Waals surface area (Å²) < 4.78 is 5.48. The van der Waals surface area contributed by atoms with Crippen LogP contribution in [0.1, 0.15) is 36.4 Å². The second kappa shape index (κ2) is 5.26. The van der Waals surface area contributed by atoms with Crippen LogP contribution in [0.2, 0.25) is 0 Å². The fourth-order valence-corrected chi connectivity index (χ4v) is 1.93. The van der Waals surface area contributed by atoms with Crippen LogP contribution in [0.3, 0.4) is 0 Å². The minimum Gasteiger partial charge on any atom is -0.451 e. The lowest BCUT2D eigenvalue weighted by molar-refractivity contribution is -0.120. The Morgan fingerprint density at radius 2 is 2.05 bits per heavy atom. The normalized spacial score (nSPS) is 12.4. The Balaban J connectivity index is 2.20. The van der Waals surface area contributed by atoms with Crippen molar-refractivity contribution in [1.29, 1.82) is 0 Å². The van der Waals surface area contributed by atoms with Gasteiger partial charge in [-0.25, -0.2) is 0 Å². The Morgan fingerprint density at radius 1 is 1.32 bits per heavy atom. The number of carbonyl (C=O) groups excluding carboxylic acids is 2. The summed E-state index contributed by atoms with van der Waals surface area (Å²) in [7, 11) is 0. The largest absolute Gasteiger partial charge is 0.451 e. The van der Waals surface area contributed by atoms with Gasteiger partial charge in [0.25, 0.3) is 5.91 Å². The molecule has 1 heterocycles. The Hall–Kier alpha value is -2.10. The van der Waals surface area contributed by atoms with Crippen LogP contribution in [-0.2, 0) is 4.79 Å². The molecule has 0 aliphatic heterocycles. The fraction of sp³-hybridized carbons (Fsp3) is 0.333. The first-order valence-corrected chi connectivity index (χ1v) is 6.35. The van der Waals surface area contributed by atoms with Crippen LogP contribution in [0.25, 0.3) is 11.0 Å². The molecule has 0 spiro atoms. The van der Waals surface area contributed by atoms with Crippen molar-refractivity contribution in [2.75, 3.05) is 0 Å². The van der Waals surface area contributed by atoms with Crippen molar-refractivity contribution in [1.82, 2.24) is 5.32 Å². The third kappa shape index (κ3) is 2.84. The minimum absolute atomic E-state index is 0.000283. The van der Waals surface area contributed by atoms with E-state index in [2.05, 4.69) is 5.32 Å². The molecule has 1 aromatic carbocycles. The van der Waals surface area contributed by atoms with E-state index >= 15 is 0 Å². The van der Waals surface area contributed by atoms with Crippen LogP contribution in [-0.4, -0.2) is 17.7 Å². The highest BCUT2D eigenvalue weighted by molar-refractivity contribution is 5.98. The highest BCUT2D eigenvalue weighted by Gasteiger charge is 2.17. The number of benzene rings is 1. The van der Waals surface area contributed by atoms with E-state index in [1.807, 2.05) is 25.1 Å². The molecule has 0 fully saturated rings. The number of fused-ring (bicyclic) bond motifs is 1. The van der Waals surface area contributed by atoms with E-state index in [9.17, 15) is 9.59 Å². The molecule has 0 saturated carbocycles. The lowest BCUT2D eigenvalue weighted by Gasteiger charge is -2.09. The Morgan fingerprint density at radius 3 is 2.74 bits per heavy atom. The topological polar surface area (TPSA) is 59.3 Å². The standard InChI is InChI=1S/C15H17NO3/c1-4-12(17)10(3)16-15(18)14-8-11-7-9(2)5-6-13(11)19-14/h5-8,10H,4H2,1-3H3,(H,16,18). The molecule has 1 unspecified atom stereocenters. The van der Waals surface area contributed by atoms with Crippen molar-refractivity contribution in [2.45, 2.75) is 33.2 Å². The number of Topliss-reactive ketones (excluding diaryl/α,β-unsaturated/α-hetero) is 1. The van der Waals surface area contributed by atoms with Gasteiger partial charge in [0, 0.05) is 11.8 Å². The van der Waals surface area contributed by atoms with E-state index in [4.69, 9.17) is 4.42 Å². The molecule has 0 saturated heterocycles. The van der Waals surface area contributed by atoms with Crippen LogP contribution in [0.4, 0.5) is 0 Å². The van der Waals surface area contributed by atoms with Crippen LogP contribution < -0.4 is 5.32 Å². The first kappa shape index (κ1) is 13.3. The Bertz CT molecular complexity index is 627. The monoisotopic (exact) mass is 259 g/mol. The molecule has 19 heavy (non-hydrogen) atoms. The molecule has 1 atom stereocenters. The first-order chi connectivity index (χ1) is 9.01. The molecular weight excluding hydrogens is 242 g/mol. The van der Waals surface area contributed by atoms with Gasteiger partial charge in [-0.1, -0.05) is 18.6 Å². The smallest absolute Gasteiger partial charge is 0.287 e. The molecule has 0 aliphatic carbocycles. The number of hydrogen-bond donors (Lipinski definition) is 1. The van der Waals surface area contributed by atoms with Gasteiger partial charge in [0.05, 0.1) is 6.04 Å². The molecule has 4 nitrogen and oxygen atoms in total. The predicted molar refractivity (Wildman–Crippen MR) is 73.2 cm³/mol. The van der Waals surface area contributed by atoms with Crippen LogP contribution >= 0.6 is 0 Å². The van der Waals surface area contributed by atoms with Crippen molar-refractivity contribution in [3.8, 4) is 0 Å². The average Bonchev–Trinajstić information content (AvgIpc) is 2.80. The van der Waals surface area contributed by atoms with E-state index in [1.165, 1.54) is 0 Å². The van der Waals surface area contributed by atoms with E-state index in [1.54, 1.807) is 19.9 Å².